The van der Waals surface area contributed by atoms with Gasteiger partial charge in [-0.3, -0.25) is 0 Å². The number of rotatable bonds is 14. The Balaban J connectivity index is 0.913. The molecule has 45 heavy (non-hydrogen) atoms. The molecule has 238 valence electrons. The smallest absolute Gasteiger partial charge is 0.314 e. The van der Waals surface area contributed by atoms with Gasteiger partial charge in [0.1, 0.15) is 0 Å². The maximum atomic E-state index is 12.1. The van der Waals surface area contributed by atoms with Gasteiger partial charge in [0.15, 0.2) is 5.96 Å². The fraction of sp³-hybridized carbons (Fsp3) is 0.400. The lowest BCUT2D eigenvalue weighted by molar-refractivity contribution is 0.241. The van der Waals surface area contributed by atoms with Gasteiger partial charge in [-0.25, -0.2) is 9.78 Å². The number of urea groups is 1. The number of amides is 2. The third-order valence-electron chi connectivity index (χ3n) is 8.20. The van der Waals surface area contributed by atoms with E-state index in [-0.39, 0.29) is 12.0 Å². The van der Waals surface area contributed by atoms with Crippen molar-refractivity contribution in [3.63, 3.8) is 0 Å². The number of unbranched alkanes of at least 4 members (excludes halogenated alkanes) is 4. The Morgan fingerprint density at radius 1 is 0.889 bits per heavy atom. The molecule has 0 spiro atoms. The van der Waals surface area contributed by atoms with Crippen molar-refractivity contribution in [1.82, 2.24) is 20.5 Å². The number of aliphatic imine (C=N–C) groups is 1. The van der Waals surface area contributed by atoms with E-state index in [9.17, 15) is 4.79 Å². The molecule has 2 aromatic carbocycles. The molecule has 0 saturated carbocycles. The first kappa shape index (κ1) is 32.8. The number of likely N-dealkylation sites (tertiary alicyclic amines) is 1. The molecule has 8 nitrogen and oxygen atoms in total. The van der Waals surface area contributed by atoms with E-state index < -0.39 is 0 Å². The van der Waals surface area contributed by atoms with Crippen molar-refractivity contribution < 1.29 is 4.79 Å². The molecule has 1 saturated heterocycles. The van der Waals surface area contributed by atoms with Crippen LogP contribution < -0.4 is 22.1 Å². The topological polar surface area (TPSA) is 122 Å². The first-order chi connectivity index (χ1) is 22.1. The average molecular weight is 644 g/mol. The fourth-order valence-corrected chi connectivity index (χ4v) is 7.49. The number of guanidine groups is 1. The van der Waals surface area contributed by atoms with Crippen molar-refractivity contribution >= 4 is 57.9 Å². The molecule has 5 rings (SSSR count). The number of nitrogens with zero attached hydrogens (tertiary/aromatic N) is 3. The minimum absolute atomic E-state index is 0.0151. The zero-order chi connectivity index (χ0) is 31.3. The quantitative estimate of drug-likeness (QED) is 0.0697. The summed E-state index contributed by atoms with van der Waals surface area (Å²) in [6, 6.07) is 17.6. The van der Waals surface area contributed by atoms with Crippen molar-refractivity contribution in [2.24, 2.45) is 16.5 Å². The molecular weight excluding hydrogens is 599 g/mol. The summed E-state index contributed by atoms with van der Waals surface area (Å²) in [6.07, 6.45) is 12.7. The first-order valence-corrected chi connectivity index (χ1v) is 18.0. The van der Waals surface area contributed by atoms with Gasteiger partial charge >= 0.3 is 6.03 Å². The summed E-state index contributed by atoms with van der Waals surface area (Å²) in [6.45, 7) is 4.79. The van der Waals surface area contributed by atoms with E-state index in [0.717, 1.165) is 62.5 Å². The molecule has 6 N–H and O–H groups in total. The fourth-order valence-electron chi connectivity index (χ4n) is 5.94. The molecule has 1 aliphatic heterocycles. The number of nitrogens with two attached hydrogens (primary N) is 2. The van der Waals surface area contributed by atoms with Crippen LogP contribution in [-0.4, -0.2) is 60.4 Å². The highest BCUT2D eigenvalue weighted by Crippen LogP contribution is 2.38. The van der Waals surface area contributed by atoms with E-state index in [1.165, 1.54) is 65.0 Å². The average Bonchev–Trinajstić information content (AvgIpc) is 3.41. The predicted molar refractivity (Wildman–Crippen MR) is 192 cm³/mol. The largest absolute Gasteiger partial charge is 0.370 e. The third kappa shape index (κ3) is 9.94. The maximum Gasteiger partial charge on any atom is 0.314 e. The number of hydrogen-bond acceptors (Lipinski definition) is 6. The van der Waals surface area contributed by atoms with Gasteiger partial charge in [0.2, 0.25) is 5.13 Å². The summed E-state index contributed by atoms with van der Waals surface area (Å²) in [5.74, 6) is 1.59. The summed E-state index contributed by atoms with van der Waals surface area (Å²) in [7, 11) is 0. The van der Waals surface area contributed by atoms with Crippen molar-refractivity contribution in [3.05, 3.63) is 87.4 Å². The Labute approximate surface area is 275 Å². The Morgan fingerprint density at radius 2 is 1.53 bits per heavy atom. The summed E-state index contributed by atoms with van der Waals surface area (Å²) in [4.78, 5) is 23.0. The molecule has 2 aliphatic rings. The molecule has 0 radical (unpaired) electrons. The van der Waals surface area contributed by atoms with Gasteiger partial charge < -0.3 is 27.0 Å². The van der Waals surface area contributed by atoms with E-state index in [4.69, 9.17) is 11.5 Å². The zero-order valence-electron chi connectivity index (χ0n) is 26.0. The molecular formula is C35H45N7OS2. The summed E-state index contributed by atoms with van der Waals surface area (Å²) in [5, 5.41) is 8.43. The van der Waals surface area contributed by atoms with Crippen LogP contribution in [0.4, 0.5) is 9.93 Å². The van der Waals surface area contributed by atoms with Crippen LogP contribution in [-0.2, 0) is 5.75 Å². The molecule has 1 aliphatic carbocycles. The highest BCUT2D eigenvalue weighted by molar-refractivity contribution is 7.98. The molecule has 2 amide bonds. The van der Waals surface area contributed by atoms with Gasteiger partial charge in [-0.1, -0.05) is 85.5 Å². The summed E-state index contributed by atoms with van der Waals surface area (Å²) in [5.41, 5.74) is 20.1. The van der Waals surface area contributed by atoms with Crippen LogP contribution in [0.1, 0.15) is 72.9 Å². The van der Waals surface area contributed by atoms with Gasteiger partial charge in [-0.05, 0) is 60.1 Å². The first-order valence-electron chi connectivity index (χ1n) is 16.0. The van der Waals surface area contributed by atoms with Crippen LogP contribution in [0.3, 0.4) is 0 Å². The molecule has 2 heterocycles. The number of fused-ring (bicyclic) bond motifs is 2. The lowest BCUT2D eigenvalue weighted by Gasteiger charge is -2.30. The molecule has 1 aromatic heterocycles. The van der Waals surface area contributed by atoms with Crippen molar-refractivity contribution in [1.29, 1.82) is 0 Å². The van der Waals surface area contributed by atoms with Crippen LogP contribution in [0.2, 0.25) is 0 Å². The van der Waals surface area contributed by atoms with Crippen molar-refractivity contribution in [2.75, 3.05) is 38.5 Å². The van der Waals surface area contributed by atoms with Crippen LogP contribution >= 0.6 is 23.1 Å². The monoisotopic (exact) mass is 643 g/mol. The van der Waals surface area contributed by atoms with Crippen molar-refractivity contribution in [3.8, 4) is 0 Å². The van der Waals surface area contributed by atoms with Crippen LogP contribution in [0.5, 0.6) is 0 Å². The van der Waals surface area contributed by atoms with Gasteiger partial charge in [-0.2, -0.15) is 16.8 Å². The van der Waals surface area contributed by atoms with E-state index in [0.29, 0.717) is 11.7 Å². The number of hydrogen-bond donors (Lipinski definition) is 4. The van der Waals surface area contributed by atoms with Crippen LogP contribution in [0, 0.1) is 0 Å². The van der Waals surface area contributed by atoms with Crippen LogP contribution in [0.25, 0.3) is 17.7 Å². The van der Waals surface area contributed by atoms with Crippen molar-refractivity contribution in [2.45, 2.75) is 50.7 Å². The lowest BCUT2D eigenvalue weighted by Crippen LogP contribution is -2.37. The Kier molecular flexibility index (Phi) is 12.5. The number of carbonyl (C=O) groups is 1. The second-order valence-corrected chi connectivity index (χ2v) is 13.4. The van der Waals surface area contributed by atoms with Crippen LogP contribution in [0.15, 0.2) is 64.5 Å². The van der Waals surface area contributed by atoms with E-state index >= 15 is 0 Å². The minimum Gasteiger partial charge on any atom is -0.370 e. The summed E-state index contributed by atoms with van der Waals surface area (Å²) < 4.78 is 0. The Hall–Kier alpha value is -3.60. The molecule has 0 bridgehead atoms. The second kappa shape index (κ2) is 17.2. The second-order valence-electron chi connectivity index (χ2n) is 11.5. The Morgan fingerprint density at radius 3 is 2.24 bits per heavy atom. The standard InChI is InChI=1S/C35H45N7OS2/c36-33(37)41-35-40-29(25-45-35)24-44-23-19-39-34(43)38-18-8-2-1-3-9-20-42-21-16-28(17-22-42)32-30-12-6-4-10-26(30)14-15-27-11-5-7-13-31(27)32/h4-7,10-15,25H,1-3,8-9,16-24H2,(H2,38,39,43)(H4,36,37,40,41). The van der Waals surface area contributed by atoms with E-state index in [1.807, 2.05) is 5.38 Å². The third-order valence-corrected chi connectivity index (χ3v) is 9.97. The van der Waals surface area contributed by atoms with Gasteiger partial charge in [0, 0.05) is 43.1 Å². The van der Waals surface area contributed by atoms with E-state index in [1.54, 1.807) is 17.3 Å². The minimum atomic E-state index is -0.0918. The Bertz CT molecular complexity index is 1450. The number of carbonyl (C=O) groups excluding carboxylic acids is 1. The lowest BCUT2D eigenvalue weighted by atomic mass is 9.86. The normalized spacial score (nSPS) is 14.4. The highest BCUT2D eigenvalue weighted by atomic mass is 32.2. The predicted octanol–water partition coefficient (Wildman–Crippen LogP) is 6.61. The number of thioether (sulfide) groups is 1. The zero-order valence-corrected chi connectivity index (χ0v) is 27.6. The molecule has 1 fully saturated rings. The molecule has 0 atom stereocenters. The van der Waals surface area contributed by atoms with Gasteiger partial charge in [0.05, 0.1) is 5.69 Å². The molecule has 3 aromatic rings. The van der Waals surface area contributed by atoms with Gasteiger partial charge in [-0.15, -0.1) is 11.3 Å². The number of thiazole rings is 1. The van der Waals surface area contributed by atoms with Gasteiger partial charge in [0.25, 0.3) is 0 Å². The molecule has 0 unspecified atom stereocenters. The highest BCUT2D eigenvalue weighted by Gasteiger charge is 2.22. The number of piperidine rings is 1. The molecule has 10 heteroatoms. The summed E-state index contributed by atoms with van der Waals surface area (Å²) >= 11 is 3.13. The number of nitrogens with one attached hydrogen (secondary N) is 2. The maximum absolute atomic E-state index is 12.1. The number of aromatic nitrogens is 1. The number of benzene rings is 2. The SMILES string of the molecule is NC(N)=Nc1nc(CSCCNC(=O)NCCCCCCCN2CCC(=C3c4ccccc4C=Cc4ccccc43)CC2)cs1. The van der Waals surface area contributed by atoms with E-state index in [2.05, 4.69) is 86.2 Å².